The number of carbonyl (C=O) groups is 2. The van der Waals surface area contributed by atoms with E-state index in [0.717, 1.165) is 22.4 Å². The van der Waals surface area contributed by atoms with Crippen LogP contribution in [0.15, 0.2) is 66.7 Å². The Bertz CT molecular complexity index is 1140. The van der Waals surface area contributed by atoms with Crippen molar-refractivity contribution in [3.63, 3.8) is 0 Å². The largest absolute Gasteiger partial charge is 0.490 e. The van der Waals surface area contributed by atoms with Crippen molar-refractivity contribution in [1.29, 1.82) is 0 Å². The van der Waals surface area contributed by atoms with Crippen molar-refractivity contribution in [2.75, 3.05) is 25.2 Å². The molecule has 6 heteroatoms. The monoisotopic (exact) mass is 445 g/mol. The maximum atomic E-state index is 13.4. The molecule has 1 aliphatic heterocycles. The number of ether oxygens (including phenoxy) is 3. The van der Waals surface area contributed by atoms with Crippen LogP contribution in [-0.4, -0.2) is 32.2 Å². The van der Waals surface area contributed by atoms with Gasteiger partial charge in [0.25, 0.3) is 0 Å². The highest BCUT2D eigenvalue weighted by molar-refractivity contribution is 5.98. The lowest BCUT2D eigenvalue weighted by Crippen LogP contribution is -2.41. The molecular formula is C27H27NO5. The van der Waals surface area contributed by atoms with E-state index in [0.29, 0.717) is 30.3 Å². The summed E-state index contributed by atoms with van der Waals surface area (Å²) in [5.41, 5.74) is 4.02. The van der Waals surface area contributed by atoms with E-state index in [1.165, 1.54) is 7.11 Å². The van der Waals surface area contributed by atoms with Gasteiger partial charge in [-0.25, -0.2) is 4.79 Å². The molecule has 0 saturated heterocycles. The van der Waals surface area contributed by atoms with Crippen molar-refractivity contribution in [2.24, 2.45) is 0 Å². The molecule has 170 valence electrons. The van der Waals surface area contributed by atoms with Gasteiger partial charge in [0.05, 0.1) is 38.3 Å². The minimum Gasteiger partial charge on any atom is -0.490 e. The lowest BCUT2D eigenvalue weighted by molar-refractivity contribution is -0.118. The highest BCUT2D eigenvalue weighted by Gasteiger charge is 2.36. The number of hydrogen-bond acceptors (Lipinski definition) is 5. The van der Waals surface area contributed by atoms with E-state index < -0.39 is 5.97 Å². The SMILES string of the molecule is CCOc1cc2c(cc1OCC)[C@H](c1ccc(C(=O)OC)cc1)N(c1ccccc1)C(=O)C2. The number of hydrogen-bond donors (Lipinski definition) is 0. The molecule has 0 spiro atoms. The van der Waals surface area contributed by atoms with Gasteiger partial charge in [0.15, 0.2) is 11.5 Å². The molecule has 1 aliphatic rings. The first-order valence-electron chi connectivity index (χ1n) is 11.0. The number of carbonyl (C=O) groups excluding carboxylic acids is 2. The summed E-state index contributed by atoms with van der Waals surface area (Å²) in [6.45, 7) is 4.85. The fourth-order valence-corrected chi connectivity index (χ4v) is 4.22. The Morgan fingerprint density at radius 1 is 0.939 bits per heavy atom. The molecule has 6 nitrogen and oxygen atoms in total. The molecule has 0 aliphatic carbocycles. The summed E-state index contributed by atoms with van der Waals surface area (Å²) in [4.78, 5) is 27.2. The second kappa shape index (κ2) is 9.77. The molecule has 0 unspecified atom stereocenters. The van der Waals surface area contributed by atoms with Crippen LogP contribution in [0.3, 0.4) is 0 Å². The molecule has 3 aromatic carbocycles. The molecule has 0 aromatic heterocycles. The van der Waals surface area contributed by atoms with E-state index >= 15 is 0 Å². The molecule has 0 fully saturated rings. The Hall–Kier alpha value is -3.80. The summed E-state index contributed by atoms with van der Waals surface area (Å²) < 4.78 is 16.5. The molecule has 1 amide bonds. The average Bonchev–Trinajstić information content (AvgIpc) is 2.84. The first-order chi connectivity index (χ1) is 16.1. The van der Waals surface area contributed by atoms with Gasteiger partial charge >= 0.3 is 5.97 Å². The third-order valence-corrected chi connectivity index (χ3v) is 5.65. The van der Waals surface area contributed by atoms with Gasteiger partial charge in [-0.3, -0.25) is 4.79 Å². The normalized spacial score (nSPS) is 15.1. The molecule has 3 aromatic rings. The number of rotatable bonds is 7. The van der Waals surface area contributed by atoms with E-state index in [9.17, 15) is 9.59 Å². The van der Waals surface area contributed by atoms with Crippen LogP contribution in [0.1, 0.15) is 46.9 Å². The Labute approximate surface area is 193 Å². The van der Waals surface area contributed by atoms with Crippen LogP contribution in [0.5, 0.6) is 11.5 Å². The van der Waals surface area contributed by atoms with E-state index in [2.05, 4.69) is 0 Å². The van der Waals surface area contributed by atoms with Crippen molar-refractivity contribution in [3.05, 3.63) is 89.0 Å². The second-order valence-corrected chi connectivity index (χ2v) is 7.66. The molecule has 0 radical (unpaired) electrons. The lowest BCUT2D eigenvalue weighted by Gasteiger charge is -2.38. The second-order valence-electron chi connectivity index (χ2n) is 7.66. The van der Waals surface area contributed by atoms with Crippen LogP contribution < -0.4 is 14.4 Å². The number of nitrogens with zero attached hydrogens (tertiary/aromatic N) is 1. The molecule has 0 N–H and O–H groups in total. The number of methoxy groups -OCH3 is 1. The quantitative estimate of drug-likeness (QED) is 0.482. The number of anilines is 1. The Balaban J connectivity index is 1.89. The number of benzene rings is 3. The minimum absolute atomic E-state index is 0.0117. The van der Waals surface area contributed by atoms with Gasteiger partial charge in [0, 0.05) is 5.69 Å². The predicted octanol–water partition coefficient (Wildman–Crippen LogP) is 4.95. The van der Waals surface area contributed by atoms with E-state index in [-0.39, 0.29) is 18.4 Å². The fraction of sp³-hybridized carbons (Fsp3) is 0.259. The highest BCUT2D eigenvalue weighted by atomic mass is 16.5. The van der Waals surface area contributed by atoms with Gasteiger partial charge in [-0.15, -0.1) is 0 Å². The molecular weight excluding hydrogens is 418 g/mol. The molecule has 1 atom stereocenters. The van der Waals surface area contributed by atoms with Crippen molar-refractivity contribution in [1.82, 2.24) is 0 Å². The average molecular weight is 446 g/mol. The zero-order valence-corrected chi connectivity index (χ0v) is 19.0. The maximum absolute atomic E-state index is 13.4. The number of amides is 1. The summed E-state index contributed by atoms with van der Waals surface area (Å²) in [5.74, 6) is 0.874. The number of para-hydroxylation sites is 1. The van der Waals surface area contributed by atoms with Crippen LogP contribution >= 0.6 is 0 Å². The summed E-state index contributed by atoms with van der Waals surface area (Å²) in [6, 6.07) is 20.3. The van der Waals surface area contributed by atoms with Gasteiger partial charge in [-0.2, -0.15) is 0 Å². The van der Waals surface area contributed by atoms with E-state index in [1.807, 2.05) is 73.3 Å². The third kappa shape index (κ3) is 4.42. The Kier molecular flexibility index (Phi) is 6.63. The van der Waals surface area contributed by atoms with E-state index in [4.69, 9.17) is 14.2 Å². The number of esters is 1. The van der Waals surface area contributed by atoms with Crippen LogP contribution in [-0.2, 0) is 16.0 Å². The van der Waals surface area contributed by atoms with Gasteiger partial charge in [-0.05, 0) is 66.9 Å². The molecule has 0 bridgehead atoms. The first kappa shape index (κ1) is 22.4. The third-order valence-electron chi connectivity index (χ3n) is 5.65. The summed E-state index contributed by atoms with van der Waals surface area (Å²) in [7, 11) is 1.36. The van der Waals surface area contributed by atoms with Crippen molar-refractivity contribution < 1.29 is 23.8 Å². The molecule has 4 rings (SSSR count). The lowest BCUT2D eigenvalue weighted by atomic mass is 9.86. The Morgan fingerprint density at radius 3 is 2.18 bits per heavy atom. The predicted molar refractivity (Wildman–Crippen MR) is 126 cm³/mol. The smallest absolute Gasteiger partial charge is 0.337 e. The molecule has 1 heterocycles. The molecule has 0 saturated carbocycles. The van der Waals surface area contributed by atoms with Gasteiger partial charge in [-0.1, -0.05) is 30.3 Å². The van der Waals surface area contributed by atoms with Crippen molar-refractivity contribution in [2.45, 2.75) is 26.3 Å². The molecule has 33 heavy (non-hydrogen) atoms. The number of fused-ring (bicyclic) bond motifs is 1. The standard InChI is InChI=1S/C27H27NO5/c1-4-32-23-15-20-16-25(29)28(21-9-7-6-8-10-21)26(22(20)17-24(23)33-5-2)18-11-13-19(14-12-18)27(30)31-3/h6-15,17,26H,4-5,16H2,1-3H3/t26-/m0/s1. The zero-order valence-electron chi connectivity index (χ0n) is 19.0. The van der Waals surface area contributed by atoms with Crippen molar-refractivity contribution in [3.8, 4) is 11.5 Å². The minimum atomic E-state index is -0.401. The van der Waals surface area contributed by atoms with E-state index in [1.54, 1.807) is 12.1 Å². The Morgan fingerprint density at radius 2 is 1.58 bits per heavy atom. The van der Waals surface area contributed by atoms with Crippen LogP contribution in [0, 0.1) is 0 Å². The topological polar surface area (TPSA) is 65.1 Å². The highest BCUT2D eigenvalue weighted by Crippen LogP contribution is 2.43. The van der Waals surface area contributed by atoms with Crippen LogP contribution in [0.4, 0.5) is 5.69 Å². The fourth-order valence-electron chi connectivity index (χ4n) is 4.22. The summed E-state index contributed by atoms with van der Waals surface area (Å²) in [6.07, 6.45) is 0.257. The van der Waals surface area contributed by atoms with Gasteiger partial charge in [0.1, 0.15) is 0 Å². The first-order valence-corrected chi connectivity index (χ1v) is 11.0. The van der Waals surface area contributed by atoms with Crippen LogP contribution in [0.25, 0.3) is 0 Å². The maximum Gasteiger partial charge on any atom is 0.337 e. The van der Waals surface area contributed by atoms with Gasteiger partial charge < -0.3 is 19.1 Å². The summed E-state index contributed by atoms with van der Waals surface area (Å²) in [5, 5.41) is 0. The van der Waals surface area contributed by atoms with Gasteiger partial charge in [0.2, 0.25) is 5.91 Å². The summed E-state index contributed by atoms with van der Waals surface area (Å²) >= 11 is 0. The zero-order chi connectivity index (χ0) is 23.4. The van der Waals surface area contributed by atoms with Crippen LogP contribution in [0.2, 0.25) is 0 Å². The van der Waals surface area contributed by atoms with Crippen molar-refractivity contribution >= 4 is 17.6 Å².